The Morgan fingerprint density at radius 2 is 1.95 bits per heavy atom. The van der Waals surface area contributed by atoms with Crippen LogP contribution in [0.1, 0.15) is 66.8 Å². The van der Waals surface area contributed by atoms with Gasteiger partial charge in [0, 0.05) is 18.3 Å². The Morgan fingerprint density at radius 1 is 1.32 bits per heavy atom. The van der Waals surface area contributed by atoms with Crippen LogP contribution in [0.4, 0.5) is 0 Å². The number of nitrogens with zero attached hydrogens (tertiary/aromatic N) is 1. The zero-order valence-electron chi connectivity index (χ0n) is 11.6. The van der Waals surface area contributed by atoms with Crippen molar-refractivity contribution in [2.24, 2.45) is 5.41 Å². The number of aromatic nitrogens is 1. The monoisotopic (exact) mass is 263 g/mol. The average molecular weight is 263 g/mol. The largest absolute Gasteiger partial charge is 0.477 e. The molecule has 19 heavy (non-hydrogen) atoms. The maximum atomic E-state index is 11.4. The van der Waals surface area contributed by atoms with Crippen molar-refractivity contribution in [3.63, 3.8) is 0 Å². The second-order valence-corrected chi connectivity index (χ2v) is 5.97. The van der Waals surface area contributed by atoms with Crippen LogP contribution >= 0.6 is 0 Å². The van der Waals surface area contributed by atoms with Crippen LogP contribution in [0, 0.1) is 5.41 Å². The molecular formula is C15H21NO3. The fraction of sp³-hybridized carbons (Fsp3) is 0.600. The first-order chi connectivity index (χ1) is 8.91. The third kappa shape index (κ3) is 3.06. The van der Waals surface area contributed by atoms with Gasteiger partial charge in [0.05, 0.1) is 0 Å². The molecule has 0 saturated heterocycles. The van der Waals surface area contributed by atoms with Crippen LogP contribution in [0.5, 0.6) is 0 Å². The van der Waals surface area contributed by atoms with Crippen LogP contribution in [0.15, 0.2) is 12.3 Å². The normalized spacial score (nSPS) is 18.2. The number of carboxylic acid groups (broad SMARTS) is 1. The van der Waals surface area contributed by atoms with Gasteiger partial charge in [-0.15, -0.1) is 0 Å². The number of aromatic carboxylic acids is 1. The van der Waals surface area contributed by atoms with E-state index in [2.05, 4.69) is 6.92 Å². The minimum Gasteiger partial charge on any atom is -0.477 e. The molecule has 0 aliphatic heterocycles. The molecule has 0 atom stereocenters. The van der Waals surface area contributed by atoms with Crippen molar-refractivity contribution in [1.29, 1.82) is 0 Å². The van der Waals surface area contributed by atoms with Crippen molar-refractivity contribution >= 4 is 11.8 Å². The standard InChI is InChI=1S/C15H21NO3/c1-11(17)12-8-13(14(18)19)16(9-12)10-15(2)6-4-3-5-7-15/h8-9H,3-7,10H2,1-2H3,(H,18,19). The van der Waals surface area contributed by atoms with Gasteiger partial charge in [-0.05, 0) is 31.2 Å². The molecule has 2 rings (SSSR count). The van der Waals surface area contributed by atoms with Crippen molar-refractivity contribution < 1.29 is 14.7 Å². The van der Waals surface area contributed by atoms with Gasteiger partial charge in [0.2, 0.25) is 0 Å². The summed E-state index contributed by atoms with van der Waals surface area (Å²) in [5.74, 6) is -1.05. The van der Waals surface area contributed by atoms with Crippen molar-refractivity contribution in [3.05, 3.63) is 23.5 Å². The highest BCUT2D eigenvalue weighted by molar-refractivity contribution is 5.97. The van der Waals surface area contributed by atoms with Gasteiger partial charge < -0.3 is 9.67 Å². The minimum absolute atomic E-state index is 0.0879. The Kier molecular flexibility index (Phi) is 3.78. The molecule has 0 bridgehead atoms. The van der Waals surface area contributed by atoms with Gasteiger partial charge in [0.1, 0.15) is 5.69 Å². The molecule has 0 amide bonds. The summed E-state index contributed by atoms with van der Waals surface area (Å²) in [5.41, 5.74) is 0.851. The lowest BCUT2D eigenvalue weighted by atomic mass is 9.75. The second-order valence-electron chi connectivity index (χ2n) is 5.97. The highest BCUT2D eigenvalue weighted by atomic mass is 16.4. The molecule has 1 aliphatic carbocycles. The molecule has 0 aromatic carbocycles. The van der Waals surface area contributed by atoms with E-state index in [1.54, 1.807) is 10.8 Å². The van der Waals surface area contributed by atoms with E-state index in [1.165, 1.54) is 32.3 Å². The van der Waals surface area contributed by atoms with Gasteiger partial charge in [-0.25, -0.2) is 4.79 Å². The van der Waals surface area contributed by atoms with Gasteiger partial charge in [0.15, 0.2) is 5.78 Å². The molecular weight excluding hydrogens is 242 g/mol. The molecule has 1 fully saturated rings. The summed E-state index contributed by atoms with van der Waals surface area (Å²) < 4.78 is 1.74. The molecule has 0 unspecified atom stereocenters. The van der Waals surface area contributed by atoms with E-state index >= 15 is 0 Å². The van der Waals surface area contributed by atoms with Crippen molar-refractivity contribution in [3.8, 4) is 0 Å². The molecule has 1 heterocycles. The van der Waals surface area contributed by atoms with Gasteiger partial charge in [-0.1, -0.05) is 26.2 Å². The molecule has 1 N–H and O–H groups in total. The Balaban J connectivity index is 2.27. The fourth-order valence-corrected chi connectivity index (χ4v) is 2.99. The third-order valence-electron chi connectivity index (χ3n) is 4.13. The number of hydrogen-bond donors (Lipinski definition) is 1. The number of carbonyl (C=O) groups excluding carboxylic acids is 1. The maximum absolute atomic E-state index is 11.4. The smallest absolute Gasteiger partial charge is 0.352 e. The Bertz CT molecular complexity index is 495. The molecule has 1 aliphatic rings. The lowest BCUT2D eigenvalue weighted by Crippen LogP contribution is -2.27. The van der Waals surface area contributed by atoms with Crippen LogP contribution in [0.3, 0.4) is 0 Å². The molecule has 4 nitrogen and oxygen atoms in total. The van der Waals surface area contributed by atoms with Crippen molar-refractivity contribution in [2.45, 2.75) is 52.5 Å². The Labute approximate surface area is 113 Å². The van der Waals surface area contributed by atoms with E-state index in [4.69, 9.17) is 0 Å². The highest BCUT2D eigenvalue weighted by Gasteiger charge is 2.29. The quantitative estimate of drug-likeness (QED) is 0.847. The van der Waals surface area contributed by atoms with Crippen LogP contribution in [0.25, 0.3) is 0 Å². The van der Waals surface area contributed by atoms with Crippen LogP contribution in [-0.2, 0) is 6.54 Å². The first-order valence-electron chi connectivity index (χ1n) is 6.86. The summed E-state index contributed by atoms with van der Waals surface area (Å²) in [6.07, 6.45) is 7.62. The van der Waals surface area contributed by atoms with Crippen LogP contribution in [-0.4, -0.2) is 21.4 Å². The third-order valence-corrected chi connectivity index (χ3v) is 4.13. The first-order valence-corrected chi connectivity index (χ1v) is 6.86. The minimum atomic E-state index is -0.966. The predicted octanol–water partition coefficient (Wildman–Crippen LogP) is 3.36. The summed E-state index contributed by atoms with van der Waals surface area (Å²) in [6, 6.07) is 1.48. The van der Waals surface area contributed by atoms with Crippen molar-refractivity contribution in [1.82, 2.24) is 4.57 Å². The zero-order chi connectivity index (χ0) is 14.0. The summed E-state index contributed by atoms with van der Waals surface area (Å²) in [4.78, 5) is 22.7. The maximum Gasteiger partial charge on any atom is 0.352 e. The van der Waals surface area contributed by atoms with Crippen LogP contribution in [0.2, 0.25) is 0 Å². The average Bonchev–Trinajstić information content (AvgIpc) is 2.73. The number of rotatable bonds is 4. The number of hydrogen-bond acceptors (Lipinski definition) is 2. The molecule has 1 aromatic heterocycles. The fourth-order valence-electron chi connectivity index (χ4n) is 2.99. The molecule has 104 valence electrons. The van der Waals surface area contributed by atoms with Gasteiger partial charge in [-0.3, -0.25) is 4.79 Å². The van der Waals surface area contributed by atoms with E-state index in [0.717, 1.165) is 12.8 Å². The number of ketones is 1. The van der Waals surface area contributed by atoms with E-state index in [1.807, 2.05) is 0 Å². The summed E-state index contributed by atoms with van der Waals surface area (Å²) in [6.45, 7) is 4.36. The van der Waals surface area contributed by atoms with Gasteiger partial charge >= 0.3 is 5.97 Å². The topological polar surface area (TPSA) is 59.3 Å². The summed E-state index contributed by atoms with van der Waals surface area (Å²) >= 11 is 0. The van der Waals surface area contributed by atoms with Crippen molar-refractivity contribution in [2.75, 3.05) is 0 Å². The molecule has 1 aromatic rings. The summed E-state index contributed by atoms with van der Waals surface area (Å²) in [5, 5.41) is 9.24. The molecule has 0 spiro atoms. The number of carbonyl (C=O) groups is 2. The molecule has 1 saturated carbocycles. The molecule has 0 radical (unpaired) electrons. The SMILES string of the molecule is CC(=O)c1cc(C(=O)O)n(CC2(C)CCCCC2)c1. The lowest BCUT2D eigenvalue weighted by molar-refractivity contribution is 0.0679. The Morgan fingerprint density at radius 3 is 2.47 bits per heavy atom. The predicted molar refractivity (Wildman–Crippen MR) is 72.6 cm³/mol. The van der Waals surface area contributed by atoms with E-state index in [9.17, 15) is 14.7 Å². The number of Topliss-reactive ketones (excluding diaryl/α,β-unsaturated/α-hetero) is 1. The van der Waals surface area contributed by atoms with E-state index in [-0.39, 0.29) is 16.9 Å². The highest BCUT2D eigenvalue weighted by Crippen LogP contribution is 2.37. The summed E-state index contributed by atoms with van der Waals surface area (Å²) in [7, 11) is 0. The Hall–Kier alpha value is -1.58. The first kappa shape index (κ1) is 13.8. The second kappa shape index (κ2) is 5.19. The van der Waals surface area contributed by atoms with Gasteiger partial charge in [0.25, 0.3) is 0 Å². The van der Waals surface area contributed by atoms with E-state index in [0.29, 0.717) is 12.1 Å². The van der Waals surface area contributed by atoms with E-state index < -0.39 is 5.97 Å². The lowest BCUT2D eigenvalue weighted by Gasteiger charge is -2.34. The van der Waals surface area contributed by atoms with Gasteiger partial charge in [-0.2, -0.15) is 0 Å². The molecule has 4 heteroatoms. The number of carboxylic acids is 1. The zero-order valence-corrected chi connectivity index (χ0v) is 11.6. The van der Waals surface area contributed by atoms with Crippen LogP contribution < -0.4 is 0 Å².